The van der Waals surface area contributed by atoms with Gasteiger partial charge in [0.25, 0.3) is 0 Å². The van der Waals surface area contributed by atoms with Crippen molar-refractivity contribution in [1.29, 1.82) is 0 Å². The molecule has 262 valence electrons. The maximum absolute atomic E-state index is 2.42. The van der Waals surface area contributed by atoms with Gasteiger partial charge in [0.1, 0.15) is 0 Å². The largest absolute Gasteiger partial charge is 0.0885 e. The van der Waals surface area contributed by atoms with Crippen LogP contribution in [0.1, 0.15) is 235 Å². The first-order chi connectivity index (χ1) is 21.1. The van der Waals surface area contributed by atoms with E-state index in [-0.39, 0.29) is 0 Å². The van der Waals surface area contributed by atoms with Gasteiger partial charge in [-0.05, 0) is 81.5 Å². The Hall–Kier alpha value is -0.780. The predicted octanol–water partition coefficient (Wildman–Crippen LogP) is 16.7. The lowest BCUT2D eigenvalue weighted by Gasteiger charge is -2.17. The molecule has 0 amide bonds. The summed E-state index contributed by atoms with van der Waals surface area (Å²) in [6.45, 7) is 18.6. The van der Waals surface area contributed by atoms with E-state index in [4.69, 9.17) is 0 Å². The first-order valence-corrected chi connectivity index (χ1v) is 20.1. The van der Waals surface area contributed by atoms with Gasteiger partial charge in [0.15, 0.2) is 0 Å². The van der Waals surface area contributed by atoms with E-state index in [9.17, 15) is 0 Å². The van der Waals surface area contributed by atoms with E-state index >= 15 is 0 Å². The Morgan fingerprint density at radius 3 is 0.886 bits per heavy atom. The van der Waals surface area contributed by atoms with Crippen molar-refractivity contribution in [3.05, 3.63) is 36.5 Å². The van der Waals surface area contributed by atoms with Crippen molar-refractivity contribution in [2.45, 2.75) is 235 Å². The molecule has 0 heterocycles. The smallest absolute Gasteiger partial charge is 0.0169 e. The van der Waals surface area contributed by atoms with Crippen LogP contribution in [0, 0.1) is 10.8 Å². The van der Waals surface area contributed by atoms with E-state index in [1.54, 1.807) is 0 Å². The normalized spacial score (nSPS) is 12.5. The summed E-state index contributed by atoms with van der Waals surface area (Å²) >= 11 is 0. The minimum Gasteiger partial charge on any atom is -0.0885 e. The van der Waals surface area contributed by atoms with Crippen molar-refractivity contribution in [3.63, 3.8) is 0 Å². The van der Waals surface area contributed by atoms with Gasteiger partial charge in [0, 0.05) is 0 Å². The molecule has 0 spiro atoms. The Balaban J connectivity index is 0. The first-order valence-electron chi connectivity index (χ1n) is 20.1. The highest BCUT2D eigenvalue weighted by atomic mass is 14.1. The topological polar surface area (TPSA) is 0 Å². The van der Waals surface area contributed by atoms with E-state index in [0.29, 0.717) is 10.8 Å². The number of rotatable bonds is 29. The highest BCUT2D eigenvalue weighted by Crippen LogP contribution is 2.23. The van der Waals surface area contributed by atoms with Crippen LogP contribution in [0.25, 0.3) is 0 Å². The zero-order chi connectivity index (χ0) is 33.0. The third-order valence-corrected chi connectivity index (χ3v) is 8.57. The van der Waals surface area contributed by atoms with Crippen LogP contribution in [0.4, 0.5) is 0 Å². The van der Waals surface area contributed by atoms with E-state index in [2.05, 4.69) is 91.8 Å². The summed E-state index contributed by atoms with van der Waals surface area (Å²) in [5.74, 6) is 0. The Bertz CT molecular complexity index is 605. The van der Waals surface area contributed by atoms with Crippen molar-refractivity contribution in [1.82, 2.24) is 0 Å². The van der Waals surface area contributed by atoms with Crippen LogP contribution < -0.4 is 0 Å². The molecule has 0 aromatic rings. The number of unbranched alkanes of at least 4 members (excludes halogenated alkanes) is 21. The molecule has 0 saturated heterocycles. The molecule has 0 bridgehead atoms. The predicted molar refractivity (Wildman–Crippen MR) is 207 cm³/mol. The lowest BCUT2D eigenvalue weighted by Crippen LogP contribution is -2.03. The van der Waals surface area contributed by atoms with Gasteiger partial charge in [-0.15, -0.1) is 0 Å². The SMILES string of the molecule is CCCCC/C=C\C/C=C\CCCCCCCCCC(C)(C)C.CCCCCCCC/C=C\CCCCCCCC(C)(C)C. The van der Waals surface area contributed by atoms with E-state index in [0.717, 1.165) is 6.42 Å². The van der Waals surface area contributed by atoms with Gasteiger partial charge in [-0.2, -0.15) is 0 Å². The molecule has 0 N–H and O–H groups in total. The average molecular weight is 615 g/mol. The minimum absolute atomic E-state index is 0.525. The summed E-state index contributed by atoms with van der Waals surface area (Å²) in [7, 11) is 0. The van der Waals surface area contributed by atoms with Crippen molar-refractivity contribution in [2.24, 2.45) is 10.8 Å². The monoisotopic (exact) mass is 615 g/mol. The quantitative estimate of drug-likeness (QED) is 0.0580. The van der Waals surface area contributed by atoms with Crippen LogP contribution in [-0.4, -0.2) is 0 Å². The van der Waals surface area contributed by atoms with E-state index in [1.807, 2.05) is 0 Å². The molecule has 44 heavy (non-hydrogen) atoms. The zero-order valence-electron chi connectivity index (χ0n) is 32.3. The number of allylic oxidation sites excluding steroid dienone is 6. The summed E-state index contributed by atoms with van der Waals surface area (Å²) in [4.78, 5) is 0. The fraction of sp³-hybridized carbons (Fsp3) is 0.864. The van der Waals surface area contributed by atoms with Gasteiger partial charge >= 0.3 is 0 Å². The van der Waals surface area contributed by atoms with Crippen molar-refractivity contribution >= 4 is 0 Å². The Morgan fingerprint density at radius 1 is 0.295 bits per heavy atom. The number of hydrogen-bond donors (Lipinski definition) is 0. The zero-order valence-corrected chi connectivity index (χ0v) is 32.3. The van der Waals surface area contributed by atoms with Gasteiger partial charge in [-0.3, -0.25) is 0 Å². The molecule has 0 unspecified atom stereocenters. The summed E-state index contributed by atoms with van der Waals surface area (Å²) in [6.07, 6.45) is 52.8. The average Bonchev–Trinajstić information content (AvgIpc) is 2.96. The molecular formula is C44H86. The second-order valence-electron chi connectivity index (χ2n) is 16.1. The molecule has 0 aliphatic rings. The Morgan fingerprint density at radius 2 is 0.545 bits per heavy atom. The van der Waals surface area contributed by atoms with Crippen LogP contribution in [-0.2, 0) is 0 Å². The summed E-state index contributed by atoms with van der Waals surface area (Å²) in [5, 5.41) is 0. The second-order valence-corrected chi connectivity index (χ2v) is 16.1. The van der Waals surface area contributed by atoms with E-state index < -0.39 is 0 Å². The van der Waals surface area contributed by atoms with Crippen molar-refractivity contribution in [3.8, 4) is 0 Å². The molecule has 0 aromatic carbocycles. The fourth-order valence-corrected chi connectivity index (χ4v) is 5.55. The van der Waals surface area contributed by atoms with Crippen LogP contribution in [0.3, 0.4) is 0 Å². The molecule has 0 rings (SSSR count). The minimum atomic E-state index is 0.525. The molecule has 0 aliphatic carbocycles. The van der Waals surface area contributed by atoms with Crippen molar-refractivity contribution in [2.75, 3.05) is 0 Å². The lowest BCUT2D eigenvalue weighted by atomic mass is 9.89. The summed E-state index contributed by atoms with van der Waals surface area (Å²) < 4.78 is 0. The van der Waals surface area contributed by atoms with Gasteiger partial charge in [0.05, 0.1) is 0 Å². The van der Waals surface area contributed by atoms with Crippen LogP contribution in [0.2, 0.25) is 0 Å². The molecule has 0 fully saturated rings. The van der Waals surface area contributed by atoms with Crippen LogP contribution in [0.15, 0.2) is 36.5 Å². The molecule has 0 aromatic heterocycles. The molecule has 0 radical (unpaired) electrons. The lowest BCUT2D eigenvalue weighted by molar-refractivity contribution is 0.356. The second kappa shape index (κ2) is 35.1. The molecular weight excluding hydrogens is 528 g/mol. The van der Waals surface area contributed by atoms with Crippen LogP contribution in [0.5, 0.6) is 0 Å². The summed E-state index contributed by atoms with van der Waals surface area (Å²) in [6, 6.07) is 0. The van der Waals surface area contributed by atoms with Gasteiger partial charge < -0.3 is 0 Å². The Kier molecular flexibility index (Phi) is 36.2. The third-order valence-electron chi connectivity index (χ3n) is 8.57. The first kappa shape index (κ1) is 45.3. The van der Waals surface area contributed by atoms with Gasteiger partial charge in [-0.25, -0.2) is 0 Å². The summed E-state index contributed by atoms with van der Waals surface area (Å²) in [5.41, 5.74) is 1.05. The Labute approximate surface area is 281 Å². The molecule has 0 aliphatic heterocycles. The molecule has 0 heteroatoms. The highest BCUT2D eigenvalue weighted by molar-refractivity contribution is 4.92. The molecule has 0 atom stereocenters. The molecule has 0 saturated carbocycles. The van der Waals surface area contributed by atoms with Gasteiger partial charge in [0.2, 0.25) is 0 Å². The van der Waals surface area contributed by atoms with Crippen molar-refractivity contribution < 1.29 is 0 Å². The fourth-order valence-electron chi connectivity index (χ4n) is 5.55. The standard InChI is InChI=1S/C23H44.C21H42/c1-5-6-7-8-9-10-11-12-13-14-15-16-17-18-19-20-21-22-23(2,3)4;1-5-6-7-8-9-10-11-12-13-14-15-16-17-18-19-20-21(2,3)4/h9-10,12-13H,5-8,11,14-22H2,1-4H3;12-13H,5-11,14-20H2,1-4H3/b10-9-,13-12-;13-12-. The molecule has 0 nitrogen and oxygen atoms in total. The third kappa shape index (κ3) is 48.1. The number of hydrogen-bond acceptors (Lipinski definition) is 0. The maximum Gasteiger partial charge on any atom is -0.0169 e. The maximum atomic E-state index is 2.42. The highest BCUT2D eigenvalue weighted by Gasteiger charge is 2.09. The van der Waals surface area contributed by atoms with E-state index in [1.165, 1.54) is 173 Å². The van der Waals surface area contributed by atoms with Crippen LogP contribution >= 0.6 is 0 Å². The van der Waals surface area contributed by atoms with Gasteiger partial charge in [-0.1, -0.05) is 201 Å².